The summed E-state index contributed by atoms with van der Waals surface area (Å²) in [5, 5.41) is 0. The second-order valence-electron chi connectivity index (χ2n) is 7.47. The molecule has 0 saturated heterocycles. The van der Waals surface area contributed by atoms with Crippen molar-refractivity contribution in [2.45, 2.75) is 59.8 Å². The molecule has 0 aliphatic heterocycles. The minimum atomic E-state index is 0.0314. The van der Waals surface area contributed by atoms with Crippen LogP contribution in [-0.2, 0) is 11.8 Å². The van der Waals surface area contributed by atoms with E-state index in [0.717, 1.165) is 35.3 Å². The van der Waals surface area contributed by atoms with Gasteiger partial charge >= 0.3 is 0 Å². The quantitative estimate of drug-likeness (QED) is 0.798. The third-order valence-electron chi connectivity index (χ3n) is 3.27. The molecule has 2 aromatic heterocycles. The Morgan fingerprint density at radius 2 is 1.79 bits per heavy atom. The van der Waals surface area contributed by atoms with Crippen molar-refractivity contribution in [1.82, 2.24) is 9.97 Å². The topological polar surface area (TPSA) is 38.9 Å². The second-order valence-corrected chi connectivity index (χ2v) is 7.47. The summed E-state index contributed by atoms with van der Waals surface area (Å²) in [5.41, 5.74) is 4.21. The van der Waals surface area contributed by atoms with Gasteiger partial charge < -0.3 is 4.42 Å². The van der Waals surface area contributed by atoms with E-state index >= 15 is 0 Å². The van der Waals surface area contributed by atoms with Crippen LogP contribution in [0.4, 0.5) is 0 Å². The molecule has 0 amide bonds. The van der Waals surface area contributed by atoms with Crippen molar-refractivity contribution in [3.63, 3.8) is 0 Å². The maximum absolute atomic E-state index is 5.51. The molecule has 0 aliphatic carbocycles. The van der Waals surface area contributed by atoms with Gasteiger partial charge in [-0.05, 0) is 24.3 Å². The predicted octanol–water partition coefficient (Wildman–Crippen LogP) is 4.50. The smallest absolute Gasteiger partial charge is 0.182 e. The third kappa shape index (κ3) is 3.34. The SMILES string of the molecule is CC(C)(C)CCc1nc(C(C)(C)C)cc2ncoc12. The van der Waals surface area contributed by atoms with Gasteiger partial charge in [-0.15, -0.1) is 0 Å². The number of hydrogen-bond acceptors (Lipinski definition) is 3. The number of rotatable bonds is 2. The molecule has 3 heteroatoms. The molecular formula is C16H24N2O. The van der Waals surface area contributed by atoms with Crippen LogP contribution in [0.5, 0.6) is 0 Å². The zero-order valence-electron chi connectivity index (χ0n) is 12.9. The van der Waals surface area contributed by atoms with Crippen molar-refractivity contribution in [1.29, 1.82) is 0 Å². The normalized spacial score (nSPS) is 13.2. The van der Waals surface area contributed by atoms with E-state index in [4.69, 9.17) is 9.40 Å². The summed E-state index contributed by atoms with van der Waals surface area (Å²) >= 11 is 0. The fourth-order valence-electron chi connectivity index (χ4n) is 1.98. The van der Waals surface area contributed by atoms with E-state index in [2.05, 4.69) is 46.5 Å². The van der Waals surface area contributed by atoms with Crippen LogP contribution < -0.4 is 0 Å². The van der Waals surface area contributed by atoms with E-state index in [1.165, 1.54) is 6.39 Å². The Hall–Kier alpha value is -1.38. The van der Waals surface area contributed by atoms with Crippen LogP contribution in [0, 0.1) is 5.41 Å². The molecule has 0 aromatic carbocycles. The van der Waals surface area contributed by atoms with E-state index in [9.17, 15) is 0 Å². The number of fused-ring (bicyclic) bond motifs is 1. The van der Waals surface area contributed by atoms with Gasteiger partial charge in [-0.2, -0.15) is 0 Å². The number of aromatic nitrogens is 2. The molecule has 0 aliphatic rings. The fraction of sp³-hybridized carbons (Fsp3) is 0.625. The molecule has 0 spiro atoms. The zero-order chi connectivity index (χ0) is 14.3. The van der Waals surface area contributed by atoms with Gasteiger partial charge in [0.15, 0.2) is 12.0 Å². The van der Waals surface area contributed by atoms with Crippen LogP contribution in [0.25, 0.3) is 11.1 Å². The Kier molecular flexibility index (Phi) is 3.41. The molecule has 19 heavy (non-hydrogen) atoms. The van der Waals surface area contributed by atoms with E-state index in [0.29, 0.717) is 5.41 Å². The van der Waals surface area contributed by atoms with Gasteiger partial charge in [0.1, 0.15) is 5.52 Å². The summed E-state index contributed by atoms with van der Waals surface area (Å²) in [6.07, 6.45) is 3.53. The Bertz CT molecular complexity index is 570. The molecule has 0 bridgehead atoms. The molecule has 0 radical (unpaired) electrons. The second kappa shape index (κ2) is 4.62. The van der Waals surface area contributed by atoms with Crippen LogP contribution in [-0.4, -0.2) is 9.97 Å². The van der Waals surface area contributed by atoms with Crippen molar-refractivity contribution in [3.8, 4) is 0 Å². The highest BCUT2D eigenvalue weighted by atomic mass is 16.3. The summed E-state index contributed by atoms with van der Waals surface area (Å²) in [7, 11) is 0. The Balaban J connectivity index is 2.43. The van der Waals surface area contributed by atoms with E-state index < -0.39 is 0 Å². The van der Waals surface area contributed by atoms with Gasteiger partial charge in [-0.1, -0.05) is 41.5 Å². The molecule has 2 aromatic rings. The molecular weight excluding hydrogens is 236 g/mol. The molecule has 0 unspecified atom stereocenters. The standard InChI is InChI=1S/C16H24N2O/c1-15(2,3)8-7-11-14-12(17-10-19-14)9-13(18-11)16(4,5)6/h9-10H,7-8H2,1-6H3. The zero-order valence-corrected chi connectivity index (χ0v) is 12.9. The number of pyridine rings is 1. The maximum atomic E-state index is 5.51. The van der Waals surface area contributed by atoms with Gasteiger partial charge in [0.2, 0.25) is 0 Å². The average Bonchev–Trinajstić information content (AvgIpc) is 2.71. The van der Waals surface area contributed by atoms with Crippen molar-refractivity contribution in [2.75, 3.05) is 0 Å². The molecule has 3 nitrogen and oxygen atoms in total. The first-order valence-corrected chi connectivity index (χ1v) is 6.90. The average molecular weight is 260 g/mol. The largest absolute Gasteiger partial charge is 0.442 e. The molecule has 0 fully saturated rings. The summed E-state index contributed by atoms with van der Waals surface area (Å²) in [4.78, 5) is 9.10. The molecule has 0 atom stereocenters. The van der Waals surface area contributed by atoms with E-state index in [-0.39, 0.29) is 5.41 Å². The van der Waals surface area contributed by atoms with Gasteiger partial charge in [-0.25, -0.2) is 4.98 Å². The van der Waals surface area contributed by atoms with Gasteiger partial charge in [0.05, 0.1) is 5.69 Å². The van der Waals surface area contributed by atoms with Crippen LogP contribution in [0.2, 0.25) is 0 Å². The summed E-state index contributed by atoms with van der Waals surface area (Å²) in [5.74, 6) is 0. The summed E-state index contributed by atoms with van der Waals surface area (Å²) < 4.78 is 5.51. The number of nitrogens with zero attached hydrogens (tertiary/aromatic N) is 2. The molecule has 0 N–H and O–H groups in total. The van der Waals surface area contributed by atoms with E-state index in [1.54, 1.807) is 0 Å². The van der Waals surface area contributed by atoms with Gasteiger partial charge in [-0.3, -0.25) is 4.98 Å². The first-order valence-electron chi connectivity index (χ1n) is 6.90. The molecule has 0 saturated carbocycles. The molecule has 2 rings (SSSR count). The van der Waals surface area contributed by atoms with Crippen molar-refractivity contribution in [2.24, 2.45) is 5.41 Å². The van der Waals surface area contributed by atoms with Gasteiger partial charge in [0, 0.05) is 11.1 Å². The lowest BCUT2D eigenvalue weighted by atomic mass is 9.88. The highest BCUT2D eigenvalue weighted by Crippen LogP contribution is 2.28. The minimum absolute atomic E-state index is 0.0314. The van der Waals surface area contributed by atoms with Crippen LogP contribution in [0.3, 0.4) is 0 Å². The number of hydrogen-bond donors (Lipinski definition) is 0. The molecule has 104 valence electrons. The fourth-order valence-corrected chi connectivity index (χ4v) is 1.98. The summed E-state index contributed by atoms with van der Waals surface area (Å²) in [6, 6.07) is 2.04. The highest BCUT2D eigenvalue weighted by Gasteiger charge is 2.20. The lowest BCUT2D eigenvalue weighted by molar-refractivity contribution is 0.375. The van der Waals surface area contributed by atoms with E-state index in [1.807, 2.05) is 6.07 Å². The minimum Gasteiger partial charge on any atom is -0.442 e. The Morgan fingerprint density at radius 3 is 2.37 bits per heavy atom. The number of aryl methyl sites for hydroxylation is 1. The van der Waals surface area contributed by atoms with Crippen LogP contribution in [0.1, 0.15) is 59.4 Å². The third-order valence-corrected chi connectivity index (χ3v) is 3.27. The summed E-state index contributed by atoms with van der Waals surface area (Å²) in [6.45, 7) is 13.3. The Morgan fingerprint density at radius 1 is 1.11 bits per heavy atom. The van der Waals surface area contributed by atoms with Crippen molar-refractivity contribution < 1.29 is 4.42 Å². The predicted molar refractivity (Wildman–Crippen MR) is 78.3 cm³/mol. The van der Waals surface area contributed by atoms with Crippen LogP contribution in [0.15, 0.2) is 16.9 Å². The van der Waals surface area contributed by atoms with Crippen molar-refractivity contribution in [3.05, 3.63) is 23.8 Å². The first-order chi connectivity index (χ1) is 8.67. The molecule has 2 heterocycles. The number of oxazole rings is 1. The monoisotopic (exact) mass is 260 g/mol. The Labute approximate surface area is 115 Å². The lowest BCUT2D eigenvalue weighted by Crippen LogP contribution is -2.15. The lowest BCUT2D eigenvalue weighted by Gasteiger charge is -2.20. The first kappa shape index (κ1) is 14.0. The maximum Gasteiger partial charge on any atom is 0.182 e. The van der Waals surface area contributed by atoms with Gasteiger partial charge in [0.25, 0.3) is 0 Å². The van der Waals surface area contributed by atoms with Crippen molar-refractivity contribution >= 4 is 11.1 Å². The highest BCUT2D eigenvalue weighted by molar-refractivity contribution is 5.75. The van der Waals surface area contributed by atoms with Crippen LogP contribution >= 0.6 is 0 Å².